The second kappa shape index (κ2) is 9.87. The first kappa shape index (κ1) is 27.0. The Morgan fingerprint density at radius 3 is 2.61 bits per heavy atom. The summed E-state index contributed by atoms with van der Waals surface area (Å²) in [4.78, 5) is 43.2. The molecule has 3 amide bonds. The van der Waals surface area contributed by atoms with Crippen LogP contribution in [-0.2, 0) is 20.5 Å². The van der Waals surface area contributed by atoms with E-state index >= 15 is 0 Å². The van der Waals surface area contributed by atoms with Crippen molar-refractivity contribution in [2.45, 2.75) is 69.6 Å². The molecule has 1 aromatic carbocycles. The van der Waals surface area contributed by atoms with Gasteiger partial charge in [-0.3, -0.25) is 14.5 Å². The molecule has 1 aromatic rings. The van der Waals surface area contributed by atoms with Crippen LogP contribution in [-0.4, -0.2) is 88.4 Å². The third-order valence-corrected chi connectivity index (χ3v) is 8.53. The van der Waals surface area contributed by atoms with Crippen LogP contribution < -0.4 is 4.74 Å². The van der Waals surface area contributed by atoms with Crippen LogP contribution in [0.2, 0.25) is 5.02 Å². The largest absolute Gasteiger partial charge is 0.417 e. The Morgan fingerprint density at radius 1 is 1.24 bits per heavy atom. The number of amides is 3. The number of likely N-dealkylation sites (tertiary alicyclic amines) is 1. The van der Waals surface area contributed by atoms with Gasteiger partial charge in [0.05, 0.1) is 35.9 Å². The molecule has 0 unspecified atom stereocenters. The molecule has 38 heavy (non-hydrogen) atoms. The minimum absolute atomic E-state index is 0.00491. The third-order valence-electron chi connectivity index (χ3n) is 8.22. The fourth-order valence-corrected chi connectivity index (χ4v) is 5.87. The van der Waals surface area contributed by atoms with E-state index < -0.39 is 41.2 Å². The highest BCUT2D eigenvalue weighted by atomic mass is 35.5. The molecular weight excluding hydrogens is 531 g/mol. The third kappa shape index (κ3) is 5.05. The smallest absolute Gasteiger partial charge is 0.410 e. The van der Waals surface area contributed by atoms with Gasteiger partial charge in [0.1, 0.15) is 11.8 Å². The summed E-state index contributed by atoms with van der Waals surface area (Å²) >= 11 is 5.70. The standard InChI is InChI=1S/C25H29ClF3N3O6/c1-14-22(35)32-15(2-5-20(34)30-9-8-24(6-7-24)19(33)11-30)13-37-21(32)12-31(14)23(36)38-16-3-4-17(18(26)10-16)25(27,28)29/h3-4,10,14-15,19,21,33H,2,5-9,11-13H2,1H3/t14-,15-,19+,21+/m0/s1. The second-order valence-corrected chi connectivity index (χ2v) is 10.9. The summed E-state index contributed by atoms with van der Waals surface area (Å²) in [7, 11) is 0. The van der Waals surface area contributed by atoms with Crippen molar-refractivity contribution >= 4 is 29.5 Å². The number of rotatable bonds is 4. The molecule has 4 atom stereocenters. The number of fused-ring (bicyclic) bond motifs is 1. The lowest BCUT2D eigenvalue weighted by Crippen LogP contribution is -2.62. The Morgan fingerprint density at radius 2 is 1.97 bits per heavy atom. The lowest BCUT2D eigenvalue weighted by molar-refractivity contribution is -0.151. The average Bonchev–Trinajstić information content (AvgIpc) is 3.51. The molecule has 4 aliphatic rings. The van der Waals surface area contributed by atoms with E-state index in [1.165, 1.54) is 6.92 Å². The highest BCUT2D eigenvalue weighted by molar-refractivity contribution is 6.31. The molecule has 208 valence electrons. The molecule has 1 spiro atoms. The van der Waals surface area contributed by atoms with Gasteiger partial charge in [0, 0.05) is 25.6 Å². The number of hydrogen-bond acceptors (Lipinski definition) is 6. The maximum atomic E-state index is 13.2. The molecule has 5 rings (SSSR count). The van der Waals surface area contributed by atoms with Gasteiger partial charge in [0.25, 0.3) is 0 Å². The fourth-order valence-electron chi connectivity index (χ4n) is 5.60. The normalized spacial score (nSPS) is 28.5. The number of β-amino-alcohol motifs (C(OH)–C–C–N with tert-alkyl or cyclic N) is 1. The van der Waals surface area contributed by atoms with Crippen LogP contribution in [0.15, 0.2) is 18.2 Å². The number of halogens is 4. The summed E-state index contributed by atoms with van der Waals surface area (Å²) in [5.41, 5.74) is -1.05. The Kier molecular flexibility index (Phi) is 7.02. The van der Waals surface area contributed by atoms with Gasteiger partial charge in [-0.2, -0.15) is 13.2 Å². The fraction of sp³-hybridized carbons (Fsp3) is 0.640. The van der Waals surface area contributed by atoms with Gasteiger partial charge < -0.3 is 24.4 Å². The number of alkyl halides is 3. The topological polar surface area (TPSA) is 99.6 Å². The zero-order valence-electron chi connectivity index (χ0n) is 20.7. The number of hydrogen-bond donors (Lipinski definition) is 1. The number of aliphatic hydroxyl groups excluding tert-OH is 1. The summed E-state index contributed by atoms with van der Waals surface area (Å²) in [5.74, 6) is -0.627. The predicted octanol–water partition coefficient (Wildman–Crippen LogP) is 3.27. The lowest BCUT2D eigenvalue weighted by atomic mass is 9.90. The number of carbonyl (C=O) groups is 3. The lowest BCUT2D eigenvalue weighted by Gasteiger charge is -2.41. The minimum atomic E-state index is -4.65. The Bertz CT molecular complexity index is 1130. The highest BCUT2D eigenvalue weighted by Crippen LogP contribution is 2.53. The van der Waals surface area contributed by atoms with Crippen LogP contribution in [0.3, 0.4) is 0 Å². The van der Waals surface area contributed by atoms with Crippen molar-refractivity contribution in [3.63, 3.8) is 0 Å². The Balaban J connectivity index is 1.16. The summed E-state index contributed by atoms with van der Waals surface area (Å²) in [6, 6.07) is 1.36. The van der Waals surface area contributed by atoms with Crippen molar-refractivity contribution < 1.29 is 42.1 Å². The van der Waals surface area contributed by atoms with Crippen LogP contribution >= 0.6 is 11.6 Å². The van der Waals surface area contributed by atoms with Crippen molar-refractivity contribution in [1.82, 2.24) is 14.7 Å². The summed E-state index contributed by atoms with van der Waals surface area (Å²) in [6.45, 7) is 2.71. The quantitative estimate of drug-likeness (QED) is 0.608. The SMILES string of the molecule is C[C@H]1C(=O)N2[C@@H](CCC(=O)N3CCC4(CC4)[C@H](O)C3)CO[C@@H]2CN1C(=O)Oc1ccc(C(F)(F)F)c(Cl)c1. The molecule has 3 aliphatic heterocycles. The van der Waals surface area contributed by atoms with Crippen molar-refractivity contribution in [2.24, 2.45) is 5.41 Å². The van der Waals surface area contributed by atoms with E-state index in [1.807, 2.05) is 0 Å². The zero-order valence-corrected chi connectivity index (χ0v) is 21.5. The predicted molar refractivity (Wildman–Crippen MR) is 127 cm³/mol. The van der Waals surface area contributed by atoms with Gasteiger partial charge in [0.2, 0.25) is 11.8 Å². The average molecular weight is 560 g/mol. The summed E-state index contributed by atoms with van der Waals surface area (Å²) in [6.07, 6.45) is -3.36. The number of ether oxygens (including phenoxy) is 2. The van der Waals surface area contributed by atoms with Crippen LogP contribution in [0.4, 0.5) is 18.0 Å². The van der Waals surface area contributed by atoms with Crippen molar-refractivity contribution in [3.8, 4) is 5.75 Å². The molecule has 1 aliphatic carbocycles. The van der Waals surface area contributed by atoms with E-state index in [1.54, 1.807) is 9.80 Å². The van der Waals surface area contributed by atoms with Gasteiger partial charge in [-0.15, -0.1) is 0 Å². The highest BCUT2D eigenvalue weighted by Gasteiger charge is 2.52. The monoisotopic (exact) mass is 559 g/mol. The van der Waals surface area contributed by atoms with Crippen LogP contribution in [0, 0.1) is 5.41 Å². The first-order valence-electron chi connectivity index (χ1n) is 12.6. The molecule has 0 aromatic heterocycles. The molecule has 0 radical (unpaired) electrons. The summed E-state index contributed by atoms with van der Waals surface area (Å²) < 4.78 is 49.8. The molecule has 3 saturated heterocycles. The molecular formula is C25H29ClF3N3O6. The maximum Gasteiger partial charge on any atom is 0.417 e. The summed E-state index contributed by atoms with van der Waals surface area (Å²) in [5, 5.41) is 9.76. The van der Waals surface area contributed by atoms with E-state index in [0.29, 0.717) is 19.5 Å². The number of piperidine rings is 1. The number of nitrogens with zero attached hydrogens (tertiary/aromatic N) is 3. The van der Waals surface area contributed by atoms with Gasteiger partial charge in [-0.25, -0.2) is 4.79 Å². The van der Waals surface area contributed by atoms with Gasteiger partial charge in [0.15, 0.2) is 6.23 Å². The zero-order chi connectivity index (χ0) is 27.4. The van der Waals surface area contributed by atoms with Crippen molar-refractivity contribution in [3.05, 3.63) is 28.8 Å². The second-order valence-electron chi connectivity index (χ2n) is 10.5. The van der Waals surface area contributed by atoms with Gasteiger partial charge in [-0.1, -0.05) is 11.6 Å². The molecule has 0 bridgehead atoms. The van der Waals surface area contributed by atoms with E-state index in [-0.39, 0.29) is 48.6 Å². The number of carbonyl (C=O) groups excluding carboxylic acids is 3. The van der Waals surface area contributed by atoms with Crippen LogP contribution in [0.5, 0.6) is 5.75 Å². The molecule has 1 N–H and O–H groups in total. The van der Waals surface area contributed by atoms with E-state index in [4.69, 9.17) is 21.1 Å². The molecule has 13 heteroatoms. The van der Waals surface area contributed by atoms with Crippen LogP contribution in [0.25, 0.3) is 0 Å². The Hall–Kier alpha value is -2.57. The number of aliphatic hydroxyl groups is 1. The van der Waals surface area contributed by atoms with Crippen molar-refractivity contribution in [1.29, 1.82) is 0 Å². The molecule has 9 nitrogen and oxygen atoms in total. The van der Waals surface area contributed by atoms with E-state index in [0.717, 1.165) is 42.4 Å². The first-order chi connectivity index (χ1) is 17.9. The van der Waals surface area contributed by atoms with E-state index in [2.05, 4.69) is 0 Å². The van der Waals surface area contributed by atoms with Crippen LogP contribution in [0.1, 0.15) is 44.6 Å². The maximum absolute atomic E-state index is 13.2. The first-order valence-corrected chi connectivity index (χ1v) is 13.0. The number of piperazine rings is 1. The minimum Gasteiger partial charge on any atom is -0.410 e. The molecule has 4 fully saturated rings. The van der Waals surface area contributed by atoms with Gasteiger partial charge >= 0.3 is 12.3 Å². The van der Waals surface area contributed by atoms with E-state index in [9.17, 15) is 32.7 Å². The van der Waals surface area contributed by atoms with Crippen molar-refractivity contribution in [2.75, 3.05) is 26.2 Å². The Labute approximate surface area is 222 Å². The van der Waals surface area contributed by atoms with Gasteiger partial charge in [-0.05, 0) is 50.2 Å². The molecule has 1 saturated carbocycles. The number of benzene rings is 1. The molecule has 3 heterocycles.